The molecule has 0 spiro atoms. The van der Waals surface area contributed by atoms with E-state index in [2.05, 4.69) is 97.1 Å². The summed E-state index contributed by atoms with van der Waals surface area (Å²) in [6.07, 6.45) is 0. The van der Waals surface area contributed by atoms with E-state index in [1.807, 2.05) is 48.5 Å². The number of hydrogen-bond donors (Lipinski definition) is 0. The van der Waals surface area contributed by atoms with E-state index >= 15 is 0 Å². The fourth-order valence-electron chi connectivity index (χ4n) is 8.41. The molecule has 0 amide bonds. The van der Waals surface area contributed by atoms with Crippen molar-refractivity contribution < 1.29 is 51.4 Å². The molecule has 8 bridgehead atoms. The zero-order chi connectivity index (χ0) is 36.5. The first-order chi connectivity index (χ1) is 27.7. The molecule has 0 saturated heterocycles. The quantitative estimate of drug-likeness (QED) is 0.145. The molecule has 0 aliphatic carbocycles. The molecular formula is C48H24KN8-. The van der Waals surface area contributed by atoms with Crippen molar-refractivity contribution in [3.05, 3.63) is 146 Å². The average Bonchev–Trinajstić information content (AvgIpc) is 3.95. The first-order valence-electron chi connectivity index (χ1n) is 18.5. The summed E-state index contributed by atoms with van der Waals surface area (Å²) in [5.74, 6) is 2.14. The van der Waals surface area contributed by atoms with Gasteiger partial charge in [0, 0.05) is 44.8 Å². The molecule has 13 rings (SSSR count). The molecule has 9 heteroatoms. The van der Waals surface area contributed by atoms with Crippen molar-refractivity contribution in [1.82, 2.24) is 39.9 Å². The van der Waals surface area contributed by atoms with Crippen LogP contribution in [0.4, 0.5) is 0 Å². The summed E-state index contributed by atoms with van der Waals surface area (Å²) in [5.41, 5.74) is 5.67. The van der Waals surface area contributed by atoms with Crippen LogP contribution in [0, 0.1) is 0 Å². The molecule has 5 heterocycles. The standard InChI is InChI=1S/C48H24N8.K/c1-2-10-26-18-34-33(17-25(26)9-1)41-49-42(34)54-44-37-21-29-13-5-6-14-30(29)22-38(37)46(51-44)56-48-40-24-32-16-8-7-15-31(32)23-39(40)47(52-48)55-45-36-20-28-12-4-3-11-27(28)19-35(36)43(50-45)53-41;/h1-24H;/q-2;+1. The van der Waals surface area contributed by atoms with Gasteiger partial charge in [0.05, 0.1) is 23.3 Å². The van der Waals surface area contributed by atoms with E-state index in [0.29, 0.717) is 45.9 Å². The van der Waals surface area contributed by atoms with E-state index in [1.165, 1.54) is 0 Å². The van der Waals surface area contributed by atoms with Crippen molar-refractivity contribution in [3.8, 4) is 45.6 Å². The van der Waals surface area contributed by atoms with Gasteiger partial charge >= 0.3 is 51.4 Å². The topological polar surface area (TPSA) is 106 Å². The first-order valence-corrected chi connectivity index (χ1v) is 18.5. The minimum absolute atomic E-state index is 0. The van der Waals surface area contributed by atoms with E-state index < -0.39 is 0 Å². The van der Waals surface area contributed by atoms with Crippen molar-refractivity contribution >= 4 is 87.2 Å². The van der Waals surface area contributed by atoms with Gasteiger partial charge in [-0.15, -0.1) is 0 Å². The van der Waals surface area contributed by atoms with E-state index in [-0.39, 0.29) is 51.4 Å². The second kappa shape index (κ2) is 12.4. The van der Waals surface area contributed by atoms with Gasteiger partial charge in [-0.25, -0.2) is 9.97 Å². The fraction of sp³-hybridized carbons (Fsp3) is 0. The summed E-state index contributed by atoms with van der Waals surface area (Å²) >= 11 is 0. The average molecular weight is 752 g/mol. The van der Waals surface area contributed by atoms with Crippen LogP contribution in [0.25, 0.3) is 133 Å². The first kappa shape index (κ1) is 33.0. The van der Waals surface area contributed by atoms with E-state index in [9.17, 15) is 0 Å². The number of hydrogen-bond acceptors (Lipinski definition) is 6. The van der Waals surface area contributed by atoms with Crippen LogP contribution in [0.1, 0.15) is 0 Å². The summed E-state index contributed by atoms with van der Waals surface area (Å²) in [6, 6.07) is 50.4. The zero-order valence-corrected chi connectivity index (χ0v) is 33.6. The van der Waals surface area contributed by atoms with Crippen LogP contribution < -0.4 is 61.4 Å². The van der Waals surface area contributed by atoms with Crippen LogP contribution in [-0.4, -0.2) is 29.9 Å². The van der Waals surface area contributed by atoms with E-state index in [1.54, 1.807) is 0 Å². The maximum atomic E-state index is 5.24. The van der Waals surface area contributed by atoms with Gasteiger partial charge in [0.1, 0.15) is 0 Å². The zero-order valence-electron chi connectivity index (χ0n) is 30.4. The monoisotopic (exact) mass is 751 g/mol. The summed E-state index contributed by atoms with van der Waals surface area (Å²) in [6.45, 7) is 0. The van der Waals surface area contributed by atoms with Gasteiger partial charge in [0.25, 0.3) is 0 Å². The third-order valence-electron chi connectivity index (χ3n) is 11.2. The molecule has 2 aliphatic heterocycles. The molecule has 0 unspecified atom stereocenters. The fourth-order valence-corrected chi connectivity index (χ4v) is 8.41. The molecule has 0 fully saturated rings. The Labute approximate surface area is 366 Å². The van der Waals surface area contributed by atoms with Crippen LogP contribution in [0.2, 0.25) is 0 Å². The molecule has 0 N–H and O–H groups in total. The van der Waals surface area contributed by atoms with E-state index in [4.69, 9.17) is 39.9 Å². The summed E-state index contributed by atoms with van der Waals surface area (Å²) in [5, 5.41) is 12.2. The van der Waals surface area contributed by atoms with Crippen molar-refractivity contribution in [2.24, 2.45) is 0 Å². The molecule has 8 aromatic carbocycles. The summed E-state index contributed by atoms with van der Waals surface area (Å²) in [7, 11) is 0. The molecule has 0 saturated carbocycles. The summed E-state index contributed by atoms with van der Waals surface area (Å²) < 4.78 is 0. The normalized spacial score (nSPS) is 12.1. The smallest absolute Gasteiger partial charge is 0.357 e. The van der Waals surface area contributed by atoms with Crippen molar-refractivity contribution in [1.29, 1.82) is 0 Å². The Hall–Kier alpha value is -6.20. The molecule has 0 radical (unpaired) electrons. The van der Waals surface area contributed by atoms with Gasteiger partial charge in [-0.05, 0) is 113 Å². The molecule has 3 aromatic heterocycles. The Morgan fingerprint density at radius 3 is 0.702 bits per heavy atom. The molecule has 0 atom stereocenters. The van der Waals surface area contributed by atoms with E-state index in [0.717, 1.165) is 86.9 Å². The Balaban J connectivity index is 0.00000356. The summed E-state index contributed by atoms with van der Waals surface area (Å²) in [4.78, 5) is 41.6. The minimum Gasteiger partial charge on any atom is -0.357 e. The second-order valence-corrected chi connectivity index (χ2v) is 14.5. The third kappa shape index (κ3) is 5.07. The predicted octanol–water partition coefficient (Wildman–Crippen LogP) is 7.74. The van der Waals surface area contributed by atoms with Crippen LogP contribution >= 0.6 is 0 Å². The van der Waals surface area contributed by atoms with Crippen LogP contribution in [0.3, 0.4) is 0 Å². The maximum absolute atomic E-state index is 5.24. The van der Waals surface area contributed by atoms with Crippen LogP contribution in [-0.2, 0) is 0 Å². The van der Waals surface area contributed by atoms with Crippen molar-refractivity contribution in [2.45, 2.75) is 0 Å². The number of nitrogens with zero attached hydrogens (tertiary/aromatic N) is 8. The molecule has 2 aliphatic rings. The Bertz CT molecular complexity index is 3260. The van der Waals surface area contributed by atoms with Crippen LogP contribution in [0.15, 0.2) is 146 Å². The molecule has 8 nitrogen and oxygen atoms in total. The predicted molar refractivity (Wildman–Crippen MR) is 224 cm³/mol. The number of benzene rings is 8. The molecule has 258 valence electrons. The second-order valence-electron chi connectivity index (χ2n) is 14.5. The molecule has 11 aromatic rings. The Kier molecular flexibility index (Phi) is 7.17. The Morgan fingerprint density at radius 1 is 0.263 bits per heavy atom. The maximum Gasteiger partial charge on any atom is 1.00 e. The van der Waals surface area contributed by atoms with Crippen LogP contribution in [0.5, 0.6) is 0 Å². The number of rotatable bonds is 0. The molecular weight excluding hydrogens is 728 g/mol. The molecule has 57 heavy (non-hydrogen) atoms. The number of fused-ring (bicyclic) bond motifs is 24. The van der Waals surface area contributed by atoms with Gasteiger partial charge < -0.3 is 29.9 Å². The van der Waals surface area contributed by atoms with Gasteiger partial charge in [-0.1, -0.05) is 97.1 Å². The van der Waals surface area contributed by atoms with Crippen molar-refractivity contribution in [2.75, 3.05) is 0 Å². The largest absolute Gasteiger partial charge is 1.00 e. The van der Waals surface area contributed by atoms with Gasteiger partial charge in [0.15, 0.2) is 0 Å². The van der Waals surface area contributed by atoms with Crippen molar-refractivity contribution in [3.63, 3.8) is 0 Å². The third-order valence-corrected chi connectivity index (χ3v) is 11.2. The van der Waals surface area contributed by atoms with Gasteiger partial charge in [-0.2, -0.15) is 0 Å². The SMILES string of the molecule is [K+].c1ccc2cc3c(cc2c1)-c1nc-3nc2[n-]c(nc3nc(nc4[n-]c(n1)c1cc5ccccc5cc41)-c1cc4ccccc4cc1-3)c1cc3ccccc3cc21. The van der Waals surface area contributed by atoms with Gasteiger partial charge in [-0.3, -0.25) is 0 Å². The number of aromatic nitrogens is 8. The Morgan fingerprint density at radius 2 is 0.474 bits per heavy atom. The minimum atomic E-state index is 0. The van der Waals surface area contributed by atoms with Gasteiger partial charge in [0.2, 0.25) is 0 Å².